The predicted octanol–water partition coefficient (Wildman–Crippen LogP) is 14.6. The van der Waals surface area contributed by atoms with Crippen molar-refractivity contribution in [1.82, 2.24) is 4.57 Å². The van der Waals surface area contributed by atoms with Crippen molar-refractivity contribution in [1.29, 1.82) is 5.41 Å². The maximum Gasteiger partial charge on any atom is 0.152 e. The minimum Gasteiger partial charge on any atom is -0.309 e. The molecule has 0 fully saturated rings. The van der Waals surface area contributed by atoms with E-state index in [4.69, 9.17) is 10.4 Å². The molecule has 0 aliphatic heterocycles. The Morgan fingerprint density at radius 1 is 0.424 bits per heavy atom. The first-order chi connectivity index (χ1) is 29.2. The molecule has 0 amide bonds. The van der Waals surface area contributed by atoms with Crippen molar-refractivity contribution in [3.8, 4) is 16.8 Å². The summed E-state index contributed by atoms with van der Waals surface area (Å²) in [6, 6.07) is 73.1. The first-order valence-electron chi connectivity index (χ1n) is 20.0. The van der Waals surface area contributed by atoms with Crippen LogP contribution in [0.1, 0.15) is 16.7 Å². The number of nitrogens with one attached hydrogen (secondary N) is 1. The van der Waals surface area contributed by atoms with Crippen LogP contribution in [0.5, 0.6) is 0 Å². The van der Waals surface area contributed by atoms with Crippen LogP contribution in [0.25, 0.3) is 87.8 Å². The van der Waals surface area contributed by atoms with Crippen LogP contribution in [0, 0.1) is 5.41 Å². The molecule has 3 nitrogen and oxygen atoms in total. The van der Waals surface area contributed by atoms with Crippen LogP contribution in [0.2, 0.25) is 0 Å². The molecule has 0 aliphatic carbocycles. The maximum atomic E-state index is 8.94. The molecule has 1 N–H and O–H groups in total. The van der Waals surface area contributed by atoms with Gasteiger partial charge in [0.2, 0.25) is 0 Å². The number of amidine groups is 1. The molecule has 276 valence electrons. The molecule has 1 heterocycles. The number of rotatable bonds is 6. The van der Waals surface area contributed by atoms with E-state index in [9.17, 15) is 0 Å². The van der Waals surface area contributed by atoms with Gasteiger partial charge in [0, 0.05) is 27.6 Å². The average molecular weight is 752 g/mol. The smallest absolute Gasteiger partial charge is 0.152 e. The number of allylic oxidation sites excluding steroid dienone is 1. The van der Waals surface area contributed by atoms with E-state index in [1.807, 2.05) is 36.4 Å². The van der Waals surface area contributed by atoms with E-state index in [-0.39, 0.29) is 5.84 Å². The van der Waals surface area contributed by atoms with E-state index in [0.717, 1.165) is 33.5 Å². The fraction of sp³-hybridized carbons (Fsp3) is 0. The third kappa shape index (κ3) is 6.08. The molecule has 0 radical (unpaired) electrons. The number of aliphatic imine (C=N–C) groups is 1. The SMILES string of the molecule is N=C(N=C(/C=C/c1ccc2cc(-c3c4ccccc4cc4c3ccc3ccccc34)ccc2c1)c1ccc(-n2c3ccccc3c3ccccc32)cc1)c1ccccc1. The van der Waals surface area contributed by atoms with Gasteiger partial charge in [-0.2, -0.15) is 0 Å². The summed E-state index contributed by atoms with van der Waals surface area (Å²) in [5.74, 6) is 0.219. The quantitative estimate of drug-likeness (QED) is 0.0761. The molecule has 0 aliphatic rings. The van der Waals surface area contributed by atoms with Crippen LogP contribution in [-0.4, -0.2) is 16.1 Å². The summed E-state index contributed by atoms with van der Waals surface area (Å²) in [4.78, 5) is 4.91. The van der Waals surface area contributed by atoms with Crippen molar-refractivity contribution < 1.29 is 0 Å². The lowest BCUT2D eigenvalue weighted by Crippen LogP contribution is -2.04. The third-order valence-corrected chi connectivity index (χ3v) is 11.6. The van der Waals surface area contributed by atoms with Crippen LogP contribution in [0.15, 0.2) is 217 Å². The fourth-order valence-electron chi connectivity index (χ4n) is 8.79. The molecule has 0 spiro atoms. The van der Waals surface area contributed by atoms with Crippen molar-refractivity contribution in [2.45, 2.75) is 0 Å². The van der Waals surface area contributed by atoms with Gasteiger partial charge in [-0.1, -0.05) is 170 Å². The van der Waals surface area contributed by atoms with Gasteiger partial charge >= 0.3 is 0 Å². The highest BCUT2D eigenvalue weighted by molar-refractivity contribution is 6.21. The van der Waals surface area contributed by atoms with Gasteiger partial charge < -0.3 is 4.57 Å². The van der Waals surface area contributed by atoms with Crippen LogP contribution in [-0.2, 0) is 0 Å². The average Bonchev–Trinajstić information content (AvgIpc) is 3.64. The van der Waals surface area contributed by atoms with Gasteiger partial charge in [-0.25, -0.2) is 4.99 Å². The Bertz CT molecular complexity index is 3440. The van der Waals surface area contributed by atoms with Crippen molar-refractivity contribution in [2.24, 2.45) is 4.99 Å². The van der Waals surface area contributed by atoms with Crippen molar-refractivity contribution in [3.63, 3.8) is 0 Å². The molecule has 59 heavy (non-hydrogen) atoms. The van der Waals surface area contributed by atoms with Crippen molar-refractivity contribution in [3.05, 3.63) is 229 Å². The lowest BCUT2D eigenvalue weighted by atomic mass is 9.89. The van der Waals surface area contributed by atoms with E-state index in [1.165, 1.54) is 70.6 Å². The zero-order valence-electron chi connectivity index (χ0n) is 32.2. The molecule has 0 unspecified atom stereocenters. The van der Waals surface area contributed by atoms with E-state index in [0.29, 0.717) is 0 Å². The highest BCUT2D eigenvalue weighted by atomic mass is 15.0. The second-order valence-corrected chi connectivity index (χ2v) is 15.1. The van der Waals surface area contributed by atoms with E-state index in [2.05, 4.69) is 187 Å². The highest BCUT2D eigenvalue weighted by Crippen LogP contribution is 2.40. The molecule has 0 saturated heterocycles. The standard InChI is InChI=1S/C56H37N3/c57-56(40-13-2-1-3-14-40)58-52(39-27-30-45(31-28-39)59-53-20-10-8-18-48(53)49-19-9-11-21-54(49)59)33-23-37-22-24-42-35-44(26-25-41(42)34-37)55-47-17-7-5-15-43(47)36-51-46-16-6-4-12-38(46)29-32-50(51)55/h1-36,57H/b33-23+,57-56?,58-52?. The molecule has 11 rings (SSSR count). The maximum absolute atomic E-state index is 8.94. The minimum atomic E-state index is 0.219. The second kappa shape index (κ2) is 14.3. The van der Waals surface area contributed by atoms with Crippen LogP contribution in [0.4, 0.5) is 0 Å². The van der Waals surface area contributed by atoms with Gasteiger partial charge in [0.15, 0.2) is 5.84 Å². The topological polar surface area (TPSA) is 41.1 Å². The molecule has 10 aromatic carbocycles. The van der Waals surface area contributed by atoms with Gasteiger partial charge in [0.1, 0.15) is 0 Å². The monoisotopic (exact) mass is 751 g/mol. The Balaban J connectivity index is 0.967. The predicted molar refractivity (Wildman–Crippen MR) is 252 cm³/mol. The second-order valence-electron chi connectivity index (χ2n) is 15.1. The number of hydrogen-bond donors (Lipinski definition) is 1. The zero-order chi connectivity index (χ0) is 39.3. The number of fused-ring (bicyclic) bond motifs is 8. The zero-order valence-corrected chi connectivity index (χ0v) is 32.2. The van der Waals surface area contributed by atoms with Crippen LogP contribution < -0.4 is 0 Å². The summed E-state index contributed by atoms with van der Waals surface area (Å²) in [6.45, 7) is 0. The van der Waals surface area contributed by atoms with Gasteiger partial charge in [0.25, 0.3) is 0 Å². The molecule has 11 aromatic rings. The fourth-order valence-corrected chi connectivity index (χ4v) is 8.79. The molecular weight excluding hydrogens is 715 g/mol. The Kier molecular flexibility index (Phi) is 8.30. The lowest BCUT2D eigenvalue weighted by molar-refractivity contribution is 1.18. The molecule has 0 saturated carbocycles. The van der Waals surface area contributed by atoms with Gasteiger partial charge in [-0.15, -0.1) is 0 Å². The molecule has 0 atom stereocenters. The summed E-state index contributed by atoms with van der Waals surface area (Å²) in [6.07, 6.45) is 4.14. The summed E-state index contributed by atoms with van der Waals surface area (Å²) < 4.78 is 2.32. The van der Waals surface area contributed by atoms with Crippen molar-refractivity contribution >= 4 is 82.5 Å². The van der Waals surface area contributed by atoms with E-state index in [1.54, 1.807) is 0 Å². The molecule has 0 bridgehead atoms. The summed E-state index contributed by atoms with van der Waals surface area (Å²) in [5.41, 5.74) is 9.38. The molecule has 1 aromatic heterocycles. The first kappa shape index (κ1) is 34.4. The Labute approximate surface area is 342 Å². The first-order valence-corrected chi connectivity index (χ1v) is 20.0. The summed E-state index contributed by atoms with van der Waals surface area (Å²) in [7, 11) is 0. The van der Waals surface area contributed by atoms with Crippen molar-refractivity contribution in [2.75, 3.05) is 0 Å². The normalized spacial score (nSPS) is 12.2. The Hall–Kier alpha value is -7.88. The van der Waals surface area contributed by atoms with E-state index < -0.39 is 0 Å². The number of aromatic nitrogens is 1. The van der Waals surface area contributed by atoms with Crippen LogP contribution in [0.3, 0.4) is 0 Å². The van der Waals surface area contributed by atoms with E-state index >= 15 is 0 Å². The largest absolute Gasteiger partial charge is 0.309 e. The number of hydrogen-bond acceptors (Lipinski definition) is 1. The summed E-state index contributed by atoms with van der Waals surface area (Å²) in [5, 5.41) is 21.3. The Morgan fingerprint density at radius 2 is 1.03 bits per heavy atom. The Morgan fingerprint density at radius 3 is 1.80 bits per heavy atom. The number of nitrogens with zero attached hydrogens (tertiary/aromatic N) is 2. The van der Waals surface area contributed by atoms with Crippen LogP contribution >= 0.6 is 0 Å². The third-order valence-electron chi connectivity index (χ3n) is 11.6. The molecule has 3 heteroatoms. The lowest BCUT2D eigenvalue weighted by Gasteiger charge is -2.15. The number of benzene rings is 10. The molecular formula is C56H37N3. The summed E-state index contributed by atoms with van der Waals surface area (Å²) >= 11 is 0. The van der Waals surface area contributed by atoms with Gasteiger partial charge in [-0.3, -0.25) is 5.41 Å². The number of para-hydroxylation sites is 2. The van der Waals surface area contributed by atoms with Gasteiger partial charge in [0.05, 0.1) is 16.7 Å². The highest BCUT2D eigenvalue weighted by Gasteiger charge is 2.14. The van der Waals surface area contributed by atoms with Gasteiger partial charge in [-0.05, 0) is 108 Å². The minimum absolute atomic E-state index is 0.219.